The van der Waals surface area contributed by atoms with Gasteiger partial charge in [0.2, 0.25) is 0 Å². The minimum absolute atomic E-state index is 0.105. The Kier molecular flexibility index (Phi) is 4.96. The Balaban J connectivity index is 2.02. The molecule has 0 bridgehead atoms. The number of anilines is 1. The maximum Gasteiger partial charge on any atom is 0.150 e. The number of benzene rings is 1. The van der Waals surface area contributed by atoms with E-state index in [4.69, 9.17) is 10.5 Å². The number of hydrogen-bond donors (Lipinski definition) is 1. The number of alkyl halides is 1. The van der Waals surface area contributed by atoms with Gasteiger partial charge in [0.05, 0.1) is 19.0 Å². The molecule has 0 radical (unpaired) electrons. The molecule has 0 aromatic heterocycles. The molecule has 0 aliphatic carbocycles. The van der Waals surface area contributed by atoms with Crippen molar-refractivity contribution in [2.75, 3.05) is 31.3 Å². The second-order valence-electron chi connectivity index (χ2n) is 4.85. The van der Waals surface area contributed by atoms with Crippen LogP contribution in [-0.4, -0.2) is 32.4 Å². The lowest BCUT2D eigenvalue weighted by Gasteiger charge is -2.32. The number of rotatable bonds is 5. The Bertz CT molecular complexity index is 414. The zero-order valence-corrected chi connectivity index (χ0v) is 10.9. The molecule has 1 aromatic rings. The van der Waals surface area contributed by atoms with Crippen molar-refractivity contribution in [2.45, 2.75) is 25.3 Å². The van der Waals surface area contributed by atoms with E-state index in [1.165, 1.54) is 6.07 Å². The SMILES string of the molecule is NC1CCCN(c2ccc(OCCCF)cc2F)C1. The molecular weight excluding hydrogens is 250 g/mol. The third-order valence-electron chi connectivity index (χ3n) is 3.26. The topological polar surface area (TPSA) is 38.5 Å². The Morgan fingerprint density at radius 1 is 1.42 bits per heavy atom. The van der Waals surface area contributed by atoms with Gasteiger partial charge in [0.25, 0.3) is 0 Å². The molecule has 2 N–H and O–H groups in total. The second-order valence-corrected chi connectivity index (χ2v) is 4.85. The van der Waals surface area contributed by atoms with Gasteiger partial charge < -0.3 is 15.4 Å². The first kappa shape index (κ1) is 14.1. The number of halogens is 2. The van der Waals surface area contributed by atoms with E-state index in [1.54, 1.807) is 12.1 Å². The number of hydrogen-bond acceptors (Lipinski definition) is 3. The summed E-state index contributed by atoms with van der Waals surface area (Å²) in [5.74, 6) is 0.128. The quantitative estimate of drug-likeness (QED) is 0.835. The first-order valence-corrected chi connectivity index (χ1v) is 6.69. The zero-order valence-electron chi connectivity index (χ0n) is 10.9. The molecule has 1 aliphatic heterocycles. The minimum atomic E-state index is -0.424. The fourth-order valence-electron chi connectivity index (χ4n) is 2.31. The highest BCUT2D eigenvalue weighted by molar-refractivity contribution is 5.51. The molecular formula is C14H20F2N2O. The van der Waals surface area contributed by atoms with Gasteiger partial charge in [-0.15, -0.1) is 0 Å². The number of piperidine rings is 1. The van der Waals surface area contributed by atoms with Crippen molar-refractivity contribution in [3.63, 3.8) is 0 Å². The summed E-state index contributed by atoms with van der Waals surface area (Å²) in [6.07, 6.45) is 2.29. The average Bonchev–Trinajstić information content (AvgIpc) is 2.39. The fourth-order valence-corrected chi connectivity index (χ4v) is 2.31. The van der Waals surface area contributed by atoms with E-state index < -0.39 is 6.67 Å². The van der Waals surface area contributed by atoms with Gasteiger partial charge in [-0.3, -0.25) is 4.39 Å². The summed E-state index contributed by atoms with van der Waals surface area (Å²) in [6.45, 7) is 1.35. The van der Waals surface area contributed by atoms with E-state index >= 15 is 0 Å². The highest BCUT2D eigenvalue weighted by atomic mass is 19.1. The average molecular weight is 270 g/mol. The highest BCUT2D eigenvalue weighted by Gasteiger charge is 2.19. The maximum atomic E-state index is 14.0. The molecule has 0 spiro atoms. The van der Waals surface area contributed by atoms with E-state index in [0.717, 1.165) is 19.4 Å². The normalized spacial score (nSPS) is 19.5. The molecule has 1 heterocycles. The minimum Gasteiger partial charge on any atom is -0.493 e. The standard InChI is InChI=1S/C14H20F2N2O/c15-6-2-8-19-12-4-5-14(13(16)9-12)18-7-1-3-11(17)10-18/h4-5,9,11H,1-3,6-8,10,17H2. The summed E-state index contributed by atoms with van der Waals surface area (Å²) in [5, 5.41) is 0. The van der Waals surface area contributed by atoms with E-state index in [9.17, 15) is 8.78 Å². The lowest BCUT2D eigenvalue weighted by atomic mass is 10.1. The summed E-state index contributed by atoms with van der Waals surface area (Å²) in [5.41, 5.74) is 6.46. The van der Waals surface area contributed by atoms with Gasteiger partial charge in [0, 0.05) is 31.6 Å². The summed E-state index contributed by atoms with van der Waals surface area (Å²) in [6, 6.07) is 4.89. The molecule has 1 saturated heterocycles. The first-order valence-electron chi connectivity index (χ1n) is 6.69. The van der Waals surface area contributed by atoms with Crippen molar-refractivity contribution < 1.29 is 13.5 Å². The molecule has 106 valence electrons. The predicted molar refractivity (Wildman–Crippen MR) is 71.9 cm³/mol. The molecule has 1 fully saturated rings. The van der Waals surface area contributed by atoms with Crippen LogP contribution in [0.4, 0.5) is 14.5 Å². The number of ether oxygens (including phenoxy) is 1. The lowest BCUT2D eigenvalue weighted by molar-refractivity contribution is 0.288. The number of nitrogens with two attached hydrogens (primary N) is 1. The van der Waals surface area contributed by atoms with Crippen LogP contribution in [0.3, 0.4) is 0 Å². The molecule has 1 atom stereocenters. The van der Waals surface area contributed by atoms with Crippen molar-refractivity contribution in [3.05, 3.63) is 24.0 Å². The predicted octanol–water partition coefficient (Wildman–Crippen LogP) is 2.49. The summed E-state index contributed by atoms with van der Waals surface area (Å²) < 4.78 is 31.2. The van der Waals surface area contributed by atoms with Gasteiger partial charge in [0.1, 0.15) is 11.6 Å². The van der Waals surface area contributed by atoms with Gasteiger partial charge in [-0.05, 0) is 25.0 Å². The molecule has 5 heteroatoms. The summed E-state index contributed by atoms with van der Waals surface area (Å²) in [4.78, 5) is 1.97. The van der Waals surface area contributed by atoms with E-state index in [0.29, 0.717) is 24.4 Å². The Morgan fingerprint density at radius 2 is 2.26 bits per heavy atom. The van der Waals surface area contributed by atoms with Crippen molar-refractivity contribution >= 4 is 5.69 Å². The largest absolute Gasteiger partial charge is 0.493 e. The summed E-state index contributed by atoms with van der Waals surface area (Å²) in [7, 11) is 0. The van der Waals surface area contributed by atoms with E-state index in [2.05, 4.69) is 0 Å². The van der Waals surface area contributed by atoms with Gasteiger partial charge in [0.15, 0.2) is 0 Å². The van der Waals surface area contributed by atoms with Crippen molar-refractivity contribution in [1.82, 2.24) is 0 Å². The van der Waals surface area contributed by atoms with Crippen molar-refractivity contribution in [1.29, 1.82) is 0 Å². The summed E-state index contributed by atoms with van der Waals surface area (Å²) >= 11 is 0. The highest BCUT2D eigenvalue weighted by Crippen LogP contribution is 2.26. The Hall–Kier alpha value is -1.36. The molecule has 0 saturated carbocycles. The molecule has 3 nitrogen and oxygen atoms in total. The van der Waals surface area contributed by atoms with Gasteiger partial charge >= 0.3 is 0 Å². The maximum absolute atomic E-state index is 14.0. The van der Waals surface area contributed by atoms with E-state index in [1.807, 2.05) is 4.90 Å². The molecule has 1 unspecified atom stereocenters. The lowest BCUT2D eigenvalue weighted by Crippen LogP contribution is -2.43. The fraction of sp³-hybridized carbons (Fsp3) is 0.571. The smallest absolute Gasteiger partial charge is 0.150 e. The second kappa shape index (κ2) is 6.70. The zero-order chi connectivity index (χ0) is 13.7. The van der Waals surface area contributed by atoms with Crippen LogP contribution in [-0.2, 0) is 0 Å². The molecule has 2 rings (SSSR count). The van der Waals surface area contributed by atoms with Crippen molar-refractivity contribution in [2.24, 2.45) is 5.73 Å². The van der Waals surface area contributed by atoms with Gasteiger partial charge in [-0.1, -0.05) is 0 Å². The van der Waals surface area contributed by atoms with Crippen LogP contribution < -0.4 is 15.4 Å². The van der Waals surface area contributed by atoms with Crippen LogP contribution in [0.5, 0.6) is 5.75 Å². The molecule has 1 aromatic carbocycles. The first-order chi connectivity index (χ1) is 9.20. The van der Waals surface area contributed by atoms with E-state index in [-0.39, 0.29) is 18.5 Å². The third-order valence-corrected chi connectivity index (χ3v) is 3.26. The molecule has 1 aliphatic rings. The monoisotopic (exact) mass is 270 g/mol. The number of nitrogens with zero attached hydrogens (tertiary/aromatic N) is 1. The van der Waals surface area contributed by atoms with Gasteiger partial charge in [-0.25, -0.2) is 4.39 Å². The van der Waals surface area contributed by atoms with Crippen LogP contribution in [0.25, 0.3) is 0 Å². The third kappa shape index (κ3) is 3.80. The van der Waals surface area contributed by atoms with Crippen LogP contribution >= 0.6 is 0 Å². The molecule has 19 heavy (non-hydrogen) atoms. The van der Waals surface area contributed by atoms with Crippen LogP contribution in [0.1, 0.15) is 19.3 Å². The van der Waals surface area contributed by atoms with Gasteiger partial charge in [-0.2, -0.15) is 0 Å². The molecule has 0 amide bonds. The van der Waals surface area contributed by atoms with Crippen LogP contribution in [0.15, 0.2) is 18.2 Å². The Morgan fingerprint density at radius 3 is 2.95 bits per heavy atom. The Labute approximate surface area is 112 Å². The van der Waals surface area contributed by atoms with Crippen molar-refractivity contribution in [3.8, 4) is 5.75 Å². The van der Waals surface area contributed by atoms with Crippen LogP contribution in [0, 0.1) is 5.82 Å². The van der Waals surface area contributed by atoms with Crippen LogP contribution in [0.2, 0.25) is 0 Å².